The Hall–Kier alpha value is -1.93. The number of hydrogen-bond donors (Lipinski definition) is 0. The van der Waals surface area contributed by atoms with E-state index < -0.39 is 10.0 Å². The second-order valence-corrected chi connectivity index (χ2v) is 9.08. The highest BCUT2D eigenvalue weighted by atomic mass is 35.5. The van der Waals surface area contributed by atoms with Gasteiger partial charge in [0, 0.05) is 23.7 Å². The van der Waals surface area contributed by atoms with E-state index >= 15 is 0 Å². The first-order valence-electron chi connectivity index (χ1n) is 8.37. The lowest BCUT2D eigenvalue weighted by Gasteiger charge is -2.17. The molecule has 0 N–H and O–H groups in total. The first-order valence-corrected chi connectivity index (χ1v) is 10.6. The van der Waals surface area contributed by atoms with Crippen LogP contribution in [0.3, 0.4) is 0 Å². The van der Waals surface area contributed by atoms with Gasteiger partial charge in [-0.2, -0.15) is 4.31 Å². The zero-order chi connectivity index (χ0) is 19.0. The summed E-state index contributed by atoms with van der Waals surface area (Å²) in [5, 5.41) is 8.90. The standard InChI is InChI=1S/C18H16Cl2N4O2S/c19-14-6-7-16(20)18(10-14)27(25,26)23-9-8-15(11-23)24-12-17(21-22-24)13-4-2-1-3-5-13/h1-7,10,12,15H,8-9,11H2. The van der Waals surface area contributed by atoms with Gasteiger partial charge in [-0.15, -0.1) is 5.10 Å². The van der Waals surface area contributed by atoms with E-state index in [4.69, 9.17) is 23.2 Å². The van der Waals surface area contributed by atoms with E-state index in [0.29, 0.717) is 24.5 Å². The molecular formula is C18H16Cl2N4O2S. The van der Waals surface area contributed by atoms with Crippen molar-refractivity contribution in [1.29, 1.82) is 0 Å². The number of rotatable bonds is 4. The van der Waals surface area contributed by atoms with E-state index in [1.165, 1.54) is 16.4 Å². The molecule has 0 radical (unpaired) electrons. The summed E-state index contributed by atoms with van der Waals surface area (Å²) in [6.07, 6.45) is 2.50. The van der Waals surface area contributed by atoms with Crippen molar-refractivity contribution < 1.29 is 8.42 Å². The minimum absolute atomic E-state index is 0.0286. The molecule has 1 unspecified atom stereocenters. The Morgan fingerprint density at radius 3 is 2.63 bits per heavy atom. The first-order chi connectivity index (χ1) is 12.9. The predicted molar refractivity (Wildman–Crippen MR) is 104 cm³/mol. The molecule has 3 aromatic rings. The van der Waals surface area contributed by atoms with E-state index in [1.807, 2.05) is 36.5 Å². The number of sulfonamides is 1. The number of aromatic nitrogens is 3. The molecule has 0 spiro atoms. The van der Waals surface area contributed by atoms with Crippen molar-refractivity contribution in [2.75, 3.05) is 13.1 Å². The summed E-state index contributed by atoms with van der Waals surface area (Å²) in [6, 6.07) is 14.1. The van der Waals surface area contributed by atoms with E-state index in [2.05, 4.69) is 10.3 Å². The molecular weight excluding hydrogens is 407 g/mol. The van der Waals surface area contributed by atoms with Crippen LogP contribution in [0, 0.1) is 0 Å². The molecule has 4 rings (SSSR count). The third kappa shape index (κ3) is 3.60. The van der Waals surface area contributed by atoms with Gasteiger partial charge in [-0.3, -0.25) is 0 Å². The van der Waals surface area contributed by atoms with Gasteiger partial charge in [-0.1, -0.05) is 58.7 Å². The van der Waals surface area contributed by atoms with Crippen LogP contribution in [-0.4, -0.2) is 40.8 Å². The van der Waals surface area contributed by atoms with Gasteiger partial charge in [0.05, 0.1) is 17.3 Å². The molecule has 0 bridgehead atoms. The van der Waals surface area contributed by atoms with E-state index in [9.17, 15) is 8.42 Å². The first kappa shape index (κ1) is 18.4. The lowest BCUT2D eigenvalue weighted by Crippen LogP contribution is -2.29. The van der Waals surface area contributed by atoms with Crippen LogP contribution >= 0.6 is 23.2 Å². The minimum atomic E-state index is -3.72. The predicted octanol–water partition coefficient (Wildman–Crippen LogP) is 3.89. The molecule has 9 heteroatoms. The van der Waals surface area contributed by atoms with Crippen LogP contribution in [0.4, 0.5) is 0 Å². The van der Waals surface area contributed by atoms with Gasteiger partial charge < -0.3 is 0 Å². The molecule has 1 saturated heterocycles. The maximum Gasteiger partial charge on any atom is 0.244 e. The Balaban J connectivity index is 1.55. The van der Waals surface area contributed by atoms with Gasteiger partial charge in [-0.05, 0) is 24.6 Å². The molecule has 1 aliphatic rings. The van der Waals surface area contributed by atoms with E-state index in [-0.39, 0.29) is 16.0 Å². The van der Waals surface area contributed by atoms with Gasteiger partial charge in [0.25, 0.3) is 0 Å². The molecule has 2 aromatic carbocycles. The van der Waals surface area contributed by atoms with Crippen molar-refractivity contribution in [1.82, 2.24) is 19.3 Å². The molecule has 0 aliphatic carbocycles. The van der Waals surface area contributed by atoms with Crippen molar-refractivity contribution in [2.45, 2.75) is 17.4 Å². The fourth-order valence-corrected chi connectivity index (χ4v) is 5.38. The summed E-state index contributed by atoms with van der Waals surface area (Å²) < 4.78 is 29.0. The summed E-state index contributed by atoms with van der Waals surface area (Å²) in [7, 11) is -3.72. The summed E-state index contributed by atoms with van der Waals surface area (Å²) in [6.45, 7) is 0.694. The van der Waals surface area contributed by atoms with Crippen LogP contribution in [0.5, 0.6) is 0 Å². The van der Waals surface area contributed by atoms with Crippen molar-refractivity contribution in [3.63, 3.8) is 0 Å². The Morgan fingerprint density at radius 1 is 1.07 bits per heavy atom. The van der Waals surface area contributed by atoms with Crippen LogP contribution in [0.15, 0.2) is 59.6 Å². The average Bonchev–Trinajstić information content (AvgIpc) is 3.34. The fraction of sp³-hybridized carbons (Fsp3) is 0.222. The summed E-state index contributed by atoms with van der Waals surface area (Å²) in [5.41, 5.74) is 1.73. The summed E-state index contributed by atoms with van der Waals surface area (Å²) in [4.78, 5) is 0.0286. The molecule has 1 fully saturated rings. The third-order valence-corrected chi connectivity index (χ3v) is 7.17. The molecule has 1 atom stereocenters. The topological polar surface area (TPSA) is 68.1 Å². The second-order valence-electron chi connectivity index (χ2n) is 6.33. The van der Waals surface area contributed by atoms with Gasteiger partial charge in [0.1, 0.15) is 10.6 Å². The Kier molecular flexibility index (Phi) is 4.94. The molecule has 1 aromatic heterocycles. The summed E-state index contributed by atoms with van der Waals surface area (Å²) >= 11 is 12.0. The van der Waals surface area contributed by atoms with Crippen LogP contribution in [0.1, 0.15) is 12.5 Å². The quantitative estimate of drug-likeness (QED) is 0.639. The maximum absolute atomic E-state index is 12.9. The van der Waals surface area contributed by atoms with Crippen LogP contribution in [0.25, 0.3) is 11.3 Å². The smallest absolute Gasteiger partial charge is 0.244 e. The Labute approximate surface area is 167 Å². The highest BCUT2D eigenvalue weighted by molar-refractivity contribution is 7.89. The second kappa shape index (κ2) is 7.24. The number of halogens is 2. The molecule has 1 aliphatic heterocycles. The van der Waals surface area contributed by atoms with Crippen LogP contribution in [0.2, 0.25) is 10.0 Å². The minimum Gasteiger partial charge on any atom is -0.247 e. The number of hydrogen-bond acceptors (Lipinski definition) is 4. The molecule has 140 valence electrons. The van der Waals surface area contributed by atoms with Gasteiger partial charge >= 0.3 is 0 Å². The molecule has 2 heterocycles. The zero-order valence-corrected chi connectivity index (χ0v) is 16.5. The normalized spacial score (nSPS) is 18.1. The zero-order valence-electron chi connectivity index (χ0n) is 14.2. The monoisotopic (exact) mass is 422 g/mol. The van der Waals surface area contributed by atoms with Crippen molar-refractivity contribution in [3.8, 4) is 11.3 Å². The van der Waals surface area contributed by atoms with E-state index in [1.54, 1.807) is 10.7 Å². The van der Waals surface area contributed by atoms with Gasteiger partial charge in [-0.25, -0.2) is 13.1 Å². The number of benzene rings is 2. The van der Waals surface area contributed by atoms with Gasteiger partial charge in [0.15, 0.2) is 0 Å². The number of nitrogens with zero attached hydrogens (tertiary/aromatic N) is 4. The van der Waals surface area contributed by atoms with Crippen molar-refractivity contribution >= 4 is 33.2 Å². The van der Waals surface area contributed by atoms with E-state index in [0.717, 1.165) is 11.3 Å². The highest BCUT2D eigenvalue weighted by Crippen LogP contribution is 2.32. The lowest BCUT2D eigenvalue weighted by atomic mass is 10.2. The molecule has 27 heavy (non-hydrogen) atoms. The van der Waals surface area contributed by atoms with Crippen molar-refractivity contribution in [2.24, 2.45) is 0 Å². The average molecular weight is 423 g/mol. The molecule has 6 nitrogen and oxygen atoms in total. The SMILES string of the molecule is O=S(=O)(c1cc(Cl)ccc1Cl)N1CCC(n2cc(-c3ccccc3)nn2)C1. The fourth-order valence-electron chi connectivity index (χ4n) is 3.16. The molecule has 0 amide bonds. The maximum atomic E-state index is 12.9. The summed E-state index contributed by atoms with van der Waals surface area (Å²) in [5.74, 6) is 0. The Morgan fingerprint density at radius 2 is 1.85 bits per heavy atom. The largest absolute Gasteiger partial charge is 0.247 e. The van der Waals surface area contributed by atoms with Crippen molar-refractivity contribution in [3.05, 3.63) is 64.8 Å². The Bertz CT molecular complexity index is 1070. The van der Waals surface area contributed by atoms with Crippen LogP contribution in [-0.2, 0) is 10.0 Å². The van der Waals surface area contributed by atoms with Crippen LogP contribution < -0.4 is 0 Å². The lowest BCUT2D eigenvalue weighted by molar-refractivity contribution is 0.428. The highest BCUT2D eigenvalue weighted by Gasteiger charge is 2.35. The third-order valence-electron chi connectivity index (χ3n) is 4.59. The van der Waals surface area contributed by atoms with Gasteiger partial charge in [0.2, 0.25) is 10.0 Å². The molecule has 0 saturated carbocycles.